The predicted octanol–water partition coefficient (Wildman–Crippen LogP) is 2.36. The van der Waals surface area contributed by atoms with E-state index in [1.807, 2.05) is 30.3 Å². The number of nitrogens with one attached hydrogen (secondary N) is 1. The van der Waals surface area contributed by atoms with Crippen molar-refractivity contribution in [2.75, 3.05) is 5.32 Å². The molecular weight excluding hydrogens is 230 g/mol. The maximum Gasteiger partial charge on any atom is 0.321 e. The minimum Gasteiger partial charge on any atom is -0.403 e. The number of benzene rings is 1. The molecule has 0 unspecified atom stereocenters. The van der Waals surface area contributed by atoms with Gasteiger partial charge in [0, 0.05) is 5.56 Å². The lowest BCUT2D eigenvalue weighted by Gasteiger charge is -1.94. The van der Waals surface area contributed by atoms with Gasteiger partial charge in [0.2, 0.25) is 5.89 Å². The van der Waals surface area contributed by atoms with Gasteiger partial charge in [-0.3, -0.25) is 5.32 Å². The van der Waals surface area contributed by atoms with Crippen LogP contribution in [0.3, 0.4) is 0 Å². The Morgan fingerprint density at radius 2 is 2.00 bits per heavy atom. The van der Waals surface area contributed by atoms with E-state index >= 15 is 0 Å². The van der Waals surface area contributed by atoms with Crippen molar-refractivity contribution in [3.8, 4) is 11.5 Å². The molecule has 0 spiro atoms. The number of hydrogen-bond donors (Lipinski definition) is 2. The van der Waals surface area contributed by atoms with Gasteiger partial charge >= 0.3 is 6.01 Å². The maximum absolute atomic E-state index is 5.31. The van der Waals surface area contributed by atoms with Crippen LogP contribution >= 0.6 is 24.8 Å². The zero-order chi connectivity index (χ0) is 10.7. The fourth-order valence-electron chi connectivity index (χ4n) is 1.06. The molecule has 0 aliphatic carbocycles. The molecule has 0 aliphatic heterocycles. The molecule has 1 aromatic heterocycles. The highest BCUT2D eigenvalue weighted by Gasteiger charge is 2.07. The van der Waals surface area contributed by atoms with Gasteiger partial charge in [-0.2, -0.15) is 0 Å². The number of thiocarbonyl (C=S) groups is 1. The smallest absolute Gasteiger partial charge is 0.321 e. The van der Waals surface area contributed by atoms with E-state index in [9.17, 15) is 0 Å². The zero-order valence-corrected chi connectivity index (χ0v) is 9.26. The van der Waals surface area contributed by atoms with Gasteiger partial charge in [-0.05, 0) is 12.1 Å². The highest BCUT2D eigenvalue weighted by Crippen LogP contribution is 2.18. The van der Waals surface area contributed by atoms with Crippen LogP contribution in [0, 0.1) is 0 Å². The number of nitrogens with zero attached hydrogens (tertiary/aromatic N) is 2. The molecule has 76 valence electrons. The molecule has 15 heavy (non-hydrogen) atoms. The van der Waals surface area contributed by atoms with E-state index in [1.54, 1.807) is 0 Å². The van der Waals surface area contributed by atoms with Crippen molar-refractivity contribution in [1.82, 2.24) is 10.2 Å². The molecule has 0 aliphatic rings. The second-order valence-corrected chi connectivity index (χ2v) is 3.87. The van der Waals surface area contributed by atoms with Crippen LogP contribution in [0.25, 0.3) is 11.5 Å². The van der Waals surface area contributed by atoms with Gasteiger partial charge in [-0.1, -0.05) is 35.5 Å². The van der Waals surface area contributed by atoms with Crippen LogP contribution in [0.2, 0.25) is 0 Å². The Balaban J connectivity index is 2.24. The topological polar surface area (TPSA) is 51.0 Å². The number of hydrogen-bond acceptors (Lipinski definition) is 4. The van der Waals surface area contributed by atoms with E-state index in [1.165, 1.54) is 0 Å². The van der Waals surface area contributed by atoms with Crippen LogP contribution in [-0.2, 0) is 0 Å². The van der Waals surface area contributed by atoms with Crippen molar-refractivity contribution in [1.29, 1.82) is 0 Å². The van der Waals surface area contributed by atoms with Crippen LogP contribution in [0.15, 0.2) is 34.7 Å². The summed E-state index contributed by atoms with van der Waals surface area (Å²) in [6.07, 6.45) is 0. The Labute approximate surface area is 97.1 Å². The van der Waals surface area contributed by atoms with E-state index in [0.29, 0.717) is 10.2 Å². The van der Waals surface area contributed by atoms with E-state index in [2.05, 4.69) is 28.1 Å². The van der Waals surface area contributed by atoms with Crippen molar-refractivity contribution in [2.24, 2.45) is 0 Å². The van der Waals surface area contributed by atoms with Crippen molar-refractivity contribution < 1.29 is 4.42 Å². The van der Waals surface area contributed by atoms with Crippen LogP contribution in [0.4, 0.5) is 6.01 Å². The monoisotopic (exact) mass is 237 g/mol. The molecule has 2 rings (SSSR count). The van der Waals surface area contributed by atoms with E-state index in [0.717, 1.165) is 5.56 Å². The molecule has 2 aromatic rings. The SMILES string of the molecule is S=C(S)Nc1nnc(-c2ccccc2)o1. The number of aromatic nitrogens is 2. The Morgan fingerprint density at radius 1 is 1.27 bits per heavy atom. The molecule has 1 heterocycles. The summed E-state index contributed by atoms with van der Waals surface area (Å²) in [5.74, 6) is 0.447. The molecule has 0 amide bonds. The average molecular weight is 237 g/mol. The zero-order valence-electron chi connectivity index (χ0n) is 7.54. The molecular formula is C9H7N3OS2. The van der Waals surface area contributed by atoms with E-state index in [-0.39, 0.29) is 6.01 Å². The summed E-state index contributed by atoms with van der Waals surface area (Å²) in [6, 6.07) is 9.73. The number of anilines is 1. The van der Waals surface area contributed by atoms with Gasteiger partial charge in [-0.15, -0.1) is 17.7 Å². The molecule has 0 saturated heterocycles. The normalized spacial score (nSPS) is 9.93. The van der Waals surface area contributed by atoms with Gasteiger partial charge in [0.15, 0.2) is 0 Å². The second kappa shape index (κ2) is 4.41. The summed E-state index contributed by atoms with van der Waals surface area (Å²) >= 11 is 8.63. The van der Waals surface area contributed by atoms with Crippen LogP contribution in [0.5, 0.6) is 0 Å². The van der Waals surface area contributed by atoms with Crippen molar-refractivity contribution in [3.05, 3.63) is 30.3 Å². The molecule has 0 bridgehead atoms. The Bertz CT molecular complexity index is 469. The first-order valence-electron chi connectivity index (χ1n) is 4.14. The summed E-state index contributed by atoms with van der Waals surface area (Å²) in [4.78, 5) is 0. The van der Waals surface area contributed by atoms with Crippen molar-refractivity contribution in [2.45, 2.75) is 0 Å². The number of rotatable bonds is 2. The van der Waals surface area contributed by atoms with Gasteiger partial charge in [0.25, 0.3) is 0 Å². The molecule has 6 heteroatoms. The molecule has 1 aromatic carbocycles. The van der Waals surface area contributed by atoms with Crippen molar-refractivity contribution in [3.63, 3.8) is 0 Å². The number of thiol groups is 1. The summed E-state index contributed by atoms with van der Waals surface area (Å²) in [5.41, 5.74) is 0.864. The standard InChI is InChI=1S/C9H7N3OS2/c14-9(15)10-8-12-11-7(13-8)6-4-2-1-3-5-6/h1-5H,(H2,10,12,14,15). The van der Waals surface area contributed by atoms with E-state index in [4.69, 9.17) is 16.6 Å². The molecule has 0 radical (unpaired) electrons. The summed E-state index contributed by atoms with van der Waals surface area (Å²) < 4.78 is 5.60. The van der Waals surface area contributed by atoms with Gasteiger partial charge in [0.05, 0.1) is 0 Å². The van der Waals surface area contributed by atoms with Crippen LogP contribution in [0.1, 0.15) is 0 Å². The lowest BCUT2D eigenvalue weighted by molar-refractivity contribution is 0.589. The minimum atomic E-state index is 0.244. The Hall–Kier alpha value is -1.40. The van der Waals surface area contributed by atoms with Gasteiger partial charge < -0.3 is 4.42 Å². The van der Waals surface area contributed by atoms with Crippen LogP contribution in [-0.4, -0.2) is 14.5 Å². The lowest BCUT2D eigenvalue weighted by Crippen LogP contribution is -2.00. The minimum absolute atomic E-state index is 0.244. The lowest BCUT2D eigenvalue weighted by atomic mass is 10.2. The highest BCUT2D eigenvalue weighted by atomic mass is 32.1. The molecule has 4 nitrogen and oxygen atoms in total. The largest absolute Gasteiger partial charge is 0.403 e. The highest BCUT2D eigenvalue weighted by molar-refractivity contribution is 8.11. The fraction of sp³-hybridized carbons (Fsp3) is 0. The first kappa shape index (κ1) is 10.1. The van der Waals surface area contributed by atoms with Gasteiger partial charge in [-0.25, -0.2) is 0 Å². The third kappa shape index (κ3) is 2.54. The summed E-state index contributed by atoms with van der Waals surface area (Å²) in [7, 11) is 0. The third-order valence-corrected chi connectivity index (χ3v) is 1.87. The molecule has 0 saturated carbocycles. The Morgan fingerprint density at radius 3 is 2.67 bits per heavy atom. The molecule has 0 atom stereocenters. The Kier molecular flexibility index (Phi) is 2.98. The van der Waals surface area contributed by atoms with Crippen LogP contribution < -0.4 is 5.32 Å². The quantitative estimate of drug-likeness (QED) is 0.620. The fourth-order valence-corrected chi connectivity index (χ4v) is 1.25. The van der Waals surface area contributed by atoms with Gasteiger partial charge in [0.1, 0.15) is 4.32 Å². The predicted molar refractivity (Wildman–Crippen MR) is 64.9 cm³/mol. The first-order valence-corrected chi connectivity index (χ1v) is 5.00. The molecule has 1 N–H and O–H groups in total. The first-order chi connectivity index (χ1) is 7.25. The van der Waals surface area contributed by atoms with Crippen molar-refractivity contribution >= 4 is 35.2 Å². The maximum atomic E-state index is 5.31. The average Bonchev–Trinajstić information content (AvgIpc) is 2.67. The molecule has 0 fully saturated rings. The summed E-state index contributed by atoms with van der Waals surface area (Å²) in [5, 5.41) is 10.3. The second-order valence-electron chi connectivity index (χ2n) is 2.71. The van der Waals surface area contributed by atoms with E-state index < -0.39 is 0 Å². The summed E-state index contributed by atoms with van der Waals surface area (Å²) in [6.45, 7) is 0. The third-order valence-electron chi connectivity index (χ3n) is 1.66.